The van der Waals surface area contributed by atoms with Crippen molar-refractivity contribution in [2.75, 3.05) is 18.8 Å². The first-order chi connectivity index (χ1) is 12.1. The monoisotopic (exact) mass is 448 g/mol. The Bertz CT molecular complexity index is 771. The number of aliphatic imine (C=N–C) groups is 1. The van der Waals surface area contributed by atoms with Crippen LogP contribution in [-0.4, -0.2) is 44.5 Å². The topological polar surface area (TPSA) is 113 Å². The van der Waals surface area contributed by atoms with Crippen molar-refractivity contribution < 1.29 is 14.2 Å². The summed E-state index contributed by atoms with van der Waals surface area (Å²) in [5, 5.41) is 23.1. The summed E-state index contributed by atoms with van der Waals surface area (Å²) in [4.78, 5) is 4.22. The summed E-state index contributed by atoms with van der Waals surface area (Å²) in [7, 11) is 0. The fourth-order valence-corrected chi connectivity index (χ4v) is 4.07. The standard InChI is InChI=1S/C13H14BrFN6O2S2/c14-9-3-8(1-2-10(9)15)17-12(18-22)11-13(20-23-19-11)24-6-7-4-21(5-7)25-16/h1-3,7,22H,4-6,16H2,(H,17,18). The molecule has 2 aromatic rings. The third-order valence-corrected chi connectivity index (χ3v) is 5.84. The molecule has 0 unspecified atom stereocenters. The number of aromatic nitrogens is 2. The summed E-state index contributed by atoms with van der Waals surface area (Å²) in [5.74, 6) is 0.983. The molecule has 0 spiro atoms. The second-order valence-electron chi connectivity index (χ2n) is 5.22. The van der Waals surface area contributed by atoms with E-state index in [1.165, 1.54) is 42.1 Å². The van der Waals surface area contributed by atoms with Crippen molar-refractivity contribution in [1.82, 2.24) is 20.1 Å². The van der Waals surface area contributed by atoms with Gasteiger partial charge in [-0.2, -0.15) is 0 Å². The molecule has 0 aliphatic carbocycles. The summed E-state index contributed by atoms with van der Waals surface area (Å²) in [5.41, 5.74) is 2.71. The van der Waals surface area contributed by atoms with Crippen molar-refractivity contribution in [2.24, 2.45) is 16.0 Å². The molecule has 0 amide bonds. The third-order valence-electron chi connectivity index (χ3n) is 3.46. The molecule has 0 bridgehead atoms. The Morgan fingerprint density at radius 1 is 1.52 bits per heavy atom. The number of nitrogens with one attached hydrogen (secondary N) is 1. The van der Waals surface area contributed by atoms with Crippen molar-refractivity contribution >= 4 is 51.3 Å². The summed E-state index contributed by atoms with van der Waals surface area (Å²) in [6.07, 6.45) is 0. The van der Waals surface area contributed by atoms with Gasteiger partial charge in [0.15, 0.2) is 16.6 Å². The second-order valence-corrected chi connectivity index (χ2v) is 7.81. The van der Waals surface area contributed by atoms with Crippen LogP contribution in [0.5, 0.6) is 0 Å². The highest BCUT2D eigenvalue weighted by Crippen LogP contribution is 2.29. The largest absolute Gasteiger partial charge is 0.290 e. The van der Waals surface area contributed by atoms with Crippen LogP contribution in [0.2, 0.25) is 0 Å². The van der Waals surface area contributed by atoms with Gasteiger partial charge in [-0.15, -0.1) is 11.8 Å². The van der Waals surface area contributed by atoms with Gasteiger partial charge in [-0.05, 0) is 50.4 Å². The molecule has 1 aromatic carbocycles. The van der Waals surface area contributed by atoms with E-state index in [1.54, 1.807) is 0 Å². The normalized spacial score (nSPS) is 16.1. The number of amidine groups is 1. The number of benzene rings is 1. The van der Waals surface area contributed by atoms with E-state index in [9.17, 15) is 9.60 Å². The first-order valence-electron chi connectivity index (χ1n) is 7.12. The van der Waals surface area contributed by atoms with E-state index < -0.39 is 5.82 Å². The van der Waals surface area contributed by atoms with Crippen molar-refractivity contribution in [1.29, 1.82) is 0 Å². The Kier molecular flexibility index (Phi) is 6.30. The molecule has 134 valence electrons. The Morgan fingerprint density at radius 3 is 3.00 bits per heavy atom. The minimum absolute atomic E-state index is 0.0648. The van der Waals surface area contributed by atoms with Gasteiger partial charge in [-0.25, -0.2) is 18.3 Å². The molecule has 1 fully saturated rings. The predicted molar refractivity (Wildman–Crippen MR) is 97.1 cm³/mol. The van der Waals surface area contributed by atoms with Crippen molar-refractivity contribution in [3.05, 3.63) is 34.2 Å². The van der Waals surface area contributed by atoms with Gasteiger partial charge in [0.1, 0.15) is 5.82 Å². The number of thioether (sulfide) groups is 1. The second kappa shape index (κ2) is 8.47. The molecule has 0 saturated carbocycles. The fraction of sp³-hybridized carbons (Fsp3) is 0.308. The van der Waals surface area contributed by atoms with E-state index in [2.05, 4.69) is 35.5 Å². The molecule has 1 aromatic heterocycles. The molecule has 12 heteroatoms. The van der Waals surface area contributed by atoms with E-state index in [4.69, 9.17) is 9.77 Å². The van der Waals surface area contributed by atoms with Gasteiger partial charge in [0.05, 0.1) is 10.2 Å². The zero-order chi connectivity index (χ0) is 17.8. The van der Waals surface area contributed by atoms with E-state index in [1.807, 2.05) is 5.48 Å². The van der Waals surface area contributed by atoms with Gasteiger partial charge in [0.2, 0.25) is 0 Å². The Labute approximate surface area is 159 Å². The quantitative estimate of drug-likeness (QED) is 0.201. The minimum Gasteiger partial charge on any atom is -0.290 e. The zero-order valence-corrected chi connectivity index (χ0v) is 15.9. The van der Waals surface area contributed by atoms with E-state index >= 15 is 0 Å². The van der Waals surface area contributed by atoms with Crippen LogP contribution in [0.1, 0.15) is 5.69 Å². The van der Waals surface area contributed by atoms with E-state index in [0.717, 1.165) is 18.8 Å². The minimum atomic E-state index is -0.401. The zero-order valence-electron chi connectivity index (χ0n) is 12.7. The maximum atomic E-state index is 13.3. The number of nitrogens with zero attached hydrogens (tertiary/aromatic N) is 4. The van der Waals surface area contributed by atoms with Gasteiger partial charge < -0.3 is 0 Å². The van der Waals surface area contributed by atoms with Crippen LogP contribution >= 0.6 is 39.8 Å². The first kappa shape index (κ1) is 18.6. The average molecular weight is 449 g/mol. The van der Waals surface area contributed by atoms with Gasteiger partial charge in [-0.3, -0.25) is 15.8 Å². The van der Waals surface area contributed by atoms with Crippen molar-refractivity contribution in [2.45, 2.75) is 5.03 Å². The van der Waals surface area contributed by atoms with Crippen molar-refractivity contribution in [3.63, 3.8) is 0 Å². The smallest absolute Gasteiger partial charge is 0.186 e. The van der Waals surface area contributed by atoms with Crippen LogP contribution < -0.4 is 10.6 Å². The fourth-order valence-electron chi connectivity index (χ4n) is 2.15. The molecule has 1 aliphatic heterocycles. The van der Waals surface area contributed by atoms with Crippen LogP contribution in [0.25, 0.3) is 0 Å². The number of rotatable bonds is 6. The SMILES string of the molecule is NSN1CC(CSc2nonc2C(=Nc2ccc(F)c(Br)c2)NO)C1. The van der Waals surface area contributed by atoms with Crippen molar-refractivity contribution in [3.8, 4) is 0 Å². The first-order valence-corrected chi connectivity index (χ1v) is 9.73. The van der Waals surface area contributed by atoms with E-state index in [0.29, 0.717) is 16.6 Å². The molecule has 1 saturated heterocycles. The molecule has 8 nitrogen and oxygen atoms in total. The highest BCUT2D eigenvalue weighted by Gasteiger charge is 2.28. The summed E-state index contributed by atoms with van der Waals surface area (Å²) in [6.45, 7) is 1.83. The van der Waals surface area contributed by atoms with Crippen LogP contribution in [0.3, 0.4) is 0 Å². The van der Waals surface area contributed by atoms with E-state index in [-0.39, 0.29) is 16.0 Å². The summed E-state index contributed by atoms with van der Waals surface area (Å²) in [6, 6.07) is 4.23. The summed E-state index contributed by atoms with van der Waals surface area (Å²) < 4.78 is 20.4. The van der Waals surface area contributed by atoms with Gasteiger partial charge in [0.25, 0.3) is 0 Å². The Balaban J connectivity index is 1.72. The maximum absolute atomic E-state index is 13.3. The Morgan fingerprint density at radius 2 is 2.32 bits per heavy atom. The lowest BCUT2D eigenvalue weighted by Crippen LogP contribution is -2.44. The molecule has 3 rings (SSSR count). The highest BCUT2D eigenvalue weighted by atomic mass is 79.9. The van der Waals surface area contributed by atoms with Crippen LogP contribution in [-0.2, 0) is 0 Å². The lowest BCUT2D eigenvalue weighted by molar-refractivity contribution is 0.234. The lowest BCUT2D eigenvalue weighted by Gasteiger charge is -2.36. The molecule has 2 heterocycles. The number of halogens is 2. The number of hydrogen-bond donors (Lipinski definition) is 3. The number of nitrogens with two attached hydrogens (primary N) is 1. The molecule has 0 radical (unpaired) electrons. The third kappa shape index (κ3) is 4.51. The van der Waals surface area contributed by atoms with Crippen LogP contribution in [0.15, 0.2) is 37.3 Å². The van der Waals surface area contributed by atoms with Crippen LogP contribution in [0.4, 0.5) is 10.1 Å². The molecule has 4 N–H and O–H groups in total. The molecular formula is C13H14BrFN6O2S2. The molecule has 0 atom stereocenters. The Hall–Kier alpha value is -1.18. The number of hydrogen-bond acceptors (Lipinski definition) is 9. The maximum Gasteiger partial charge on any atom is 0.186 e. The molecule has 25 heavy (non-hydrogen) atoms. The predicted octanol–water partition coefficient (Wildman–Crippen LogP) is 2.57. The van der Waals surface area contributed by atoms with Gasteiger partial charge in [-0.1, -0.05) is 0 Å². The molecular weight excluding hydrogens is 435 g/mol. The number of hydroxylamine groups is 1. The van der Waals surface area contributed by atoms with Crippen LogP contribution in [0, 0.1) is 11.7 Å². The van der Waals surface area contributed by atoms with Gasteiger partial charge >= 0.3 is 0 Å². The average Bonchev–Trinajstić information content (AvgIpc) is 3.03. The van der Waals surface area contributed by atoms with Gasteiger partial charge in [0, 0.05) is 31.0 Å². The lowest BCUT2D eigenvalue weighted by atomic mass is 10.1. The highest BCUT2D eigenvalue weighted by molar-refractivity contribution is 9.10. The summed E-state index contributed by atoms with van der Waals surface area (Å²) >= 11 is 5.80. The molecule has 1 aliphatic rings.